The fraction of sp³-hybridized carbons (Fsp3) is 0.296. The molecule has 0 saturated carbocycles. The van der Waals surface area contributed by atoms with Gasteiger partial charge in [0.15, 0.2) is 6.61 Å². The van der Waals surface area contributed by atoms with E-state index in [9.17, 15) is 4.79 Å². The molecule has 0 aromatic heterocycles. The average Bonchev–Trinajstić information content (AvgIpc) is 2.81. The summed E-state index contributed by atoms with van der Waals surface area (Å²) in [6.07, 6.45) is 0. The van der Waals surface area contributed by atoms with Gasteiger partial charge in [0.2, 0.25) is 0 Å². The van der Waals surface area contributed by atoms with Gasteiger partial charge in [0.05, 0.1) is 6.04 Å². The van der Waals surface area contributed by atoms with Crippen molar-refractivity contribution in [2.45, 2.75) is 19.9 Å². The predicted octanol–water partition coefficient (Wildman–Crippen LogP) is 4.62. The van der Waals surface area contributed by atoms with E-state index in [1.165, 1.54) is 11.1 Å². The molecule has 1 saturated heterocycles. The summed E-state index contributed by atoms with van der Waals surface area (Å²) in [7, 11) is 0. The van der Waals surface area contributed by atoms with Crippen molar-refractivity contribution in [3.05, 3.63) is 101 Å². The van der Waals surface area contributed by atoms with Crippen LogP contribution in [0, 0.1) is 13.8 Å². The number of carbonyl (C=O) groups excluding carboxylic acids is 1. The van der Waals surface area contributed by atoms with Crippen LogP contribution in [-0.2, 0) is 4.79 Å². The van der Waals surface area contributed by atoms with Crippen molar-refractivity contribution in [2.24, 2.45) is 0 Å². The highest BCUT2D eigenvalue weighted by Gasteiger charge is 2.28. The second-order valence-corrected chi connectivity index (χ2v) is 8.20. The van der Waals surface area contributed by atoms with E-state index in [-0.39, 0.29) is 18.6 Å². The first-order chi connectivity index (χ1) is 15.1. The molecule has 4 heteroatoms. The van der Waals surface area contributed by atoms with Crippen LogP contribution in [0.15, 0.2) is 78.9 Å². The van der Waals surface area contributed by atoms with E-state index >= 15 is 0 Å². The number of carbonyl (C=O) groups is 1. The Hall–Kier alpha value is -3.11. The summed E-state index contributed by atoms with van der Waals surface area (Å²) in [5.41, 5.74) is 4.75. The molecule has 1 fully saturated rings. The molecule has 3 aromatic rings. The van der Waals surface area contributed by atoms with Crippen molar-refractivity contribution in [3.63, 3.8) is 0 Å². The minimum atomic E-state index is 0.0523. The second-order valence-electron chi connectivity index (χ2n) is 8.20. The van der Waals surface area contributed by atoms with Crippen LogP contribution in [0.1, 0.15) is 28.3 Å². The molecule has 3 aromatic carbocycles. The topological polar surface area (TPSA) is 32.8 Å². The van der Waals surface area contributed by atoms with Gasteiger partial charge in [0.1, 0.15) is 5.75 Å². The van der Waals surface area contributed by atoms with E-state index < -0.39 is 0 Å². The fourth-order valence-corrected chi connectivity index (χ4v) is 4.21. The predicted molar refractivity (Wildman–Crippen MR) is 124 cm³/mol. The summed E-state index contributed by atoms with van der Waals surface area (Å²) < 4.78 is 5.84. The monoisotopic (exact) mass is 414 g/mol. The van der Waals surface area contributed by atoms with Gasteiger partial charge < -0.3 is 9.64 Å². The van der Waals surface area contributed by atoms with Crippen molar-refractivity contribution >= 4 is 5.91 Å². The molecule has 1 aliphatic rings. The molecule has 160 valence electrons. The highest BCUT2D eigenvalue weighted by atomic mass is 16.5. The largest absolute Gasteiger partial charge is 0.483 e. The Bertz CT molecular complexity index is 957. The lowest BCUT2D eigenvalue weighted by molar-refractivity contribution is -0.135. The Kier molecular flexibility index (Phi) is 6.68. The van der Waals surface area contributed by atoms with Crippen LogP contribution in [0.4, 0.5) is 0 Å². The lowest BCUT2D eigenvalue weighted by atomic mass is 9.96. The van der Waals surface area contributed by atoms with Crippen molar-refractivity contribution in [1.82, 2.24) is 9.80 Å². The van der Waals surface area contributed by atoms with Gasteiger partial charge in [-0.2, -0.15) is 0 Å². The van der Waals surface area contributed by atoms with Crippen LogP contribution < -0.4 is 4.74 Å². The van der Waals surface area contributed by atoms with Crippen molar-refractivity contribution in [2.75, 3.05) is 32.8 Å². The Morgan fingerprint density at radius 2 is 1.42 bits per heavy atom. The van der Waals surface area contributed by atoms with Crippen LogP contribution in [0.3, 0.4) is 0 Å². The SMILES string of the molecule is Cc1ccc(C)c(OCC(=O)N2CCN(C(c3ccccc3)c3ccccc3)CC2)c1. The third-order valence-electron chi connectivity index (χ3n) is 5.96. The standard InChI is InChI=1S/C27H30N2O2/c1-21-13-14-22(2)25(19-21)31-20-26(30)28-15-17-29(18-16-28)27(23-9-5-3-6-10-23)24-11-7-4-8-12-24/h3-14,19,27H,15-18,20H2,1-2H3. The molecule has 0 N–H and O–H groups in total. The van der Waals surface area contributed by atoms with Gasteiger partial charge >= 0.3 is 0 Å². The number of benzene rings is 3. The average molecular weight is 415 g/mol. The van der Waals surface area contributed by atoms with E-state index in [0.717, 1.165) is 30.0 Å². The van der Waals surface area contributed by atoms with Crippen LogP contribution >= 0.6 is 0 Å². The molecule has 0 spiro atoms. The first-order valence-electron chi connectivity index (χ1n) is 10.9. The first kappa shape index (κ1) is 21.1. The van der Waals surface area contributed by atoms with Crippen LogP contribution in [-0.4, -0.2) is 48.5 Å². The zero-order valence-electron chi connectivity index (χ0n) is 18.3. The summed E-state index contributed by atoms with van der Waals surface area (Å²) in [4.78, 5) is 17.2. The van der Waals surface area contributed by atoms with Crippen molar-refractivity contribution in [1.29, 1.82) is 0 Å². The molecular formula is C27H30N2O2. The summed E-state index contributed by atoms with van der Waals surface area (Å²) in [5.74, 6) is 0.844. The molecular weight excluding hydrogens is 384 g/mol. The van der Waals surface area contributed by atoms with E-state index in [1.54, 1.807) is 0 Å². The fourth-order valence-electron chi connectivity index (χ4n) is 4.21. The summed E-state index contributed by atoms with van der Waals surface area (Å²) in [6, 6.07) is 27.5. The Balaban J connectivity index is 1.39. The molecule has 0 atom stereocenters. The minimum Gasteiger partial charge on any atom is -0.483 e. The number of nitrogens with zero attached hydrogens (tertiary/aromatic N) is 2. The lowest BCUT2D eigenvalue weighted by Crippen LogP contribution is -2.51. The van der Waals surface area contributed by atoms with Gasteiger partial charge in [-0.1, -0.05) is 72.8 Å². The maximum atomic E-state index is 12.8. The Morgan fingerprint density at radius 3 is 2.00 bits per heavy atom. The third-order valence-corrected chi connectivity index (χ3v) is 5.96. The van der Waals surface area contributed by atoms with E-state index in [4.69, 9.17) is 4.74 Å². The summed E-state index contributed by atoms with van der Waals surface area (Å²) in [6.45, 7) is 7.23. The van der Waals surface area contributed by atoms with Gasteiger partial charge in [-0.25, -0.2) is 0 Å². The molecule has 1 heterocycles. The van der Waals surface area contributed by atoms with Crippen LogP contribution in [0.5, 0.6) is 5.75 Å². The second kappa shape index (κ2) is 9.80. The van der Waals surface area contributed by atoms with Crippen LogP contribution in [0.25, 0.3) is 0 Å². The van der Waals surface area contributed by atoms with Crippen LogP contribution in [0.2, 0.25) is 0 Å². The molecule has 4 rings (SSSR count). The van der Waals surface area contributed by atoms with Gasteiger partial charge in [0.25, 0.3) is 5.91 Å². The first-order valence-corrected chi connectivity index (χ1v) is 10.9. The zero-order chi connectivity index (χ0) is 21.6. The minimum absolute atomic E-state index is 0.0523. The number of amides is 1. The summed E-state index contributed by atoms with van der Waals surface area (Å²) >= 11 is 0. The molecule has 1 aliphatic heterocycles. The molecule has 1 amide bonds. The van der Waals surface area contributed by atoms with Gasteiger partial charge in [0, 0.05) is 26.2 Å². The number of ether oxygens (including phenoxy) is 1. The van der Waals surface area contributed by atoms with E-state index in [2.05, 4.69) is 71.6 Å². The van der Waals surface area contributed by atoms with E-state index in [0.29, 0.717) is 13.1 Å². The maximum absolute atomic E-state index is 12.8. The number of hydrogen-bond acceptors (Lipinski definition) is 3. The number of hydrogen-bond donors (Lipinski definition) is 0. The quantitative estimate of drug-likeness (QED) is 0.590. The van der Waals surface area contributed by atoms with E-state index in [1.807, 2.05) is 30.9 Å². The zero-order valence-corrected chi connectivity index (χ0v) is 18.3. The Labute approximate surface area is 185 Å². The maximum Gasteiger partial charge on any atom is 0.260 e. The normalized spacial score (nSPS) is 14.6. The van der Waals surface area contributed by atoms with Gasteiger partial charge in [-0.05, 0) is 42.2 Å². The Morgan fingerprint density at radius 1 is 0.839 bits per heavy atom. The molecule has 31 heavy (non-hydrogen) atoms. The molecule has 0 bridgehead atoms. The highest BCUT2D eigenvalue weighted by Crippen LogP contribution is 2.29. The number of piperazine rings is 1. The third kappa shape index (κ3) is 5.15. The highest BCUT2D eigenvalue weighted by molar-refractivity contribution is 5.78. The number of aryl methyl sites for hydroxylation is 2. The van der Waals surface area contributed by atoms with Crippen molar-refractivity contribution in [3.8, 4) is 5.75 Å². The van der Waals surface area contributed by atoms with Crippen molar-refractivity contribution < 1.29 is 9.53 Å². The van der Waals surface area contributed by atoms with Gasteiger partial charge in [-0.3, -0.25) is 9.69 Å². The molecule has 0 aliphatic carbocycles. The summed E-state index contributed by atoms with van der Waals surface area (Å²) in [5, 5.41) is 0. The molecule has 4 nitrogen and oxygen atoms in total. The molecule has 0 radical (unpaired) electrons. The molecule has 0 unspecified atom stereocenters. The number of rotatable bonds is 6. The van der Waals surface area contributed by atoms with Gasteiger partial charge in [-0.15, -0.1) is 0 Å². The lowest BCUT2D eigenvalue weighted by Gasteiger charge is -2.39. The smallest absolute Gasteiger partial charge is 0.260 e.